The molecule has 0 atom stereocenters. The van der Waals surface area contributed by atoms with E-state index in [0.29, 0.717) is 0 Å². The van der Waals surface area contributed by atoms with E-state index in [1.54, 1.807) is 0 Å². The number of hydrogen-bond acceptors (Lipinski definition) is 1. The molecule has 0 radical (unpaired) electrons. The van der Waals surface area contributed by atoms with Crippen LogP contribution in [0.5, 0.6) is 0 Å². The Kier molecular flexibility index (Phi) is 5.04. The molecule has 7 aromatic rings. The number of rotatable bonds is 2. The zero-order valence-electron chi connectivity index (χ0n) is 24.7. The van der Waals surface area contributed by atoms with Crippen molar-refractivity contribution in [2.24, 2.45) is 0 Å². The second-order valence-corrected chi connectivity index (χ2v) is 12.4. The number of fused-ring (bicyclic) bond motifs is 12. The van der Waals surface area contributed by atoms with Gasteiger partial charge in [0.25, 0.3) is 0 Å². The van der Waals surface area contributed by atoms with Crippen molar-refractivity contribution in [2.45, 2.75) is 5.41 Å². The van der Waals surface area contributed by atoms with Gasteiger partial charge in [0.05, 0.1) is 11.1 Å². The molecule has 1 heterocycles. The Balaban J connectivity index is 1.32. The van der Waals surface area contributed by atoms with Crippen LogP contribution in [0.2, 0.25) is 0 Å². The first-order valence-electron chi connectivity index (χ1n) is 15.8. The maximum Gasteiger partial charge on any atom is 0.0725 e. The van der Waals surface area contributed by atoms with Crippen molar-refractivity contribution < 1.29 is 0 Å². The van der Waals surface area contributed by atoms with Gasteiger partial charge in [0.2, 0.25) is 0 Å². The smallest absolute Gasteiger partial charge is 0.0725 e. The average molecular weight is 572 g/mol. The van der Waals surface area contributed by atoms with E-state index < -0.39 is 0 Å². The van der Waals surface area contributed by atoms with Crippen molar-refractivity contribution in [1.29, 1.82) is 0 Å². The summed E-state index contributed by atoms with van der Waals surface area (Å²) in [5.41, 5.74) is 18.0. The van der Waals surface area contributed by atoms with Crippen molar-refractivity contribution in [1.82, 2.24) is 0 Å². The second kappa shape index (κ2) is 9.17. The lowest BCUT2D eigenvalue weighted by Crippen LogP contribution is -2.25. The Morgan fingerprint density at radius 1 is 0.444 bits per heavy atom. The van der Waals surface area contributed by atoms with E-state index in [4.69, 9.17) is 0 Å². The molecule has 210 valence electrons. The minimum absolute atomic E-state index is 0.358. The van der Waals surface area contributed by atoms with Crippen LogP contribution in [0, 0.1) is 0 Å². The Hall–Kier alpha value is -5.66. The minimum Gasteiger partial charge on any atom is -0.381 e. The molecule has 0 amide bonds. The lowest BCUT2D eigenvalue weighted by molar-refractivity contribution is 0.794. The number of hydrogen-bond donors (Lipinski definition) is 1. The van der Waals surface area contributed by atoms with E-state index in [1.807, 2.05) is 0 Å². The summed E-state index contributed by atoms with van der Waals surface area (Å²) in [6, 6.07) is 54.2. The highest BCUT2D eigenvalue weighted by Gasteiger charge is 2.51. The van der Waals surface area contributed by atoms with Gasteiger partial charge in [-0.25, -0.2) is 0 Å². The molecule has 0 saturated carbocycles. The highest BCUT2D eigenvalue weighted by atomic mass is 14.9. The molecular weight excluding hydrogens is 542 g/mol. The zero-order chi connectivity index (χ0) is 29.5. The lowest BCUT2D eigenvalue weighted by atomic mass is 9.70. The average Bonchev–Trinajstić information content (AvgIpc) is 3.58. The van der Waals surface area contributed by atoms with E-state index in [0.717, 1.165) is 6.54 Å². The summed E-state index contributed by atoms with van der Waals surface area (Å²) >= 11 is 0. The van der Waals surface area contributed by atoms with Crippen molar-refractivity contribution in [3.05, 3.63) is 179 Å². The summed E-state index contributed by atoms with van der Waals surface area (Å²) in [5.74, 6) is 0. The minimum atomic E-state index is -0.358. The SMILES string of the molecule is C1=Cc2c(c(-c3ccccc3)c3ccccc3c2-c2ccc3c(c2)C2(c4ccccc4-c4ccccc42)c2ccccc2-3)NC1. The molecule has 1 nitrogen and oxygen atoms in total. The number of anilines is 1. The molecule has 1 heteroatoms. The van der Waals surface area contributed by atoms with Gasteiger partial charge in [-0.2, -0.15) is 0 Å². The molecule has 0 saturated heterocycles. The summed E-state index contributed by atoms with van der Waals surface area (Å²) < 4.78 is 0. The van der Waals surface area contributed by atoms with E-state index in [9.17, 15) is 0 Å². The number of benzene rings is 7. The van der Waals surface area contributed by atoms with Crippen LogP contribution >= 0.6 is 0 Å². The van der Waals surface area contributed by atoms with Gasteiger partial charge in [0.1, 0.15) is 0 Å². The first kappa shape index (κ1) is 24.7. The molecule has 2 aliphatic carbocycles. The quantitative estimate of drug-likeness (QED) is 0.218. The normalized spacial score (nSPS) is 14.4. The van der Waals surface area contributed by atoms with Crippen LogP contribution < -0.4 is 5.32 Å². The highest BCUT2D eigenvalue weighted by molar-refractivity contribution is 6.14. The lowest BCUT2D eigenvalue weighted by Gasteiger charge is -2.31. The van der Waals surface area contributed by atoms with Gasteiger partial charge in [-0.3, -0.25) is 0 Å². The summed E-state index contributed by atoms with van der Waals surface area (Å²) in [4.78, 5) is 0. The fourth-order valence-electron chi connectivity index (χ4n) is 8.61. The Morgan fingerprint density at radius 3 is 1.62 bits per heavy atom. The molecule has 0 bridgehead atoms. The third-order valence-electron chi connectivity index (χ3n) is 10.3. The van der Waals surface area contributed by atoms with Crippen LogP contribution in [-0.2, 0) is 5.41 Å². The molecule has 3 aliphatic rings. The van der Waals surface area contributed by atoms with Crippen molar-refractivity contribution in [2.75, 3.05) is 11.9 Å². The second-order valence-electron chi connectivity index (χ2n) is 12.4. The van der Waals surface area contributed by atoms with Crippen LogP contribution in [-0.4, -0.2) is 6.54 Å². The molecule has 10 rings (SSSR count). The molecule has 1 N–H and O–H groups in total. The molecule has 0 fully saturated rings. The van der Waals surface area contributed by atoms with Gasteiger partial charge in [0.15, 0.2) is 0 Å². The maximum absolute atomic E-state index is 3.79. The molecule has 45 heavy (non-hydrogen) atoms. The van der Waals surface area contributed by atoms with E-state index >= 15 is 0 Å². The number of nitrogens with one attached hydrogen (secondary N) is 1. The van der Waals surface area contributed by atoms with Gasteiger partial charge >= 0.3 is 0 Å². The predicted octanol–water partition coefficient (Wildman–Crippen LogP) is 11.0. The Bertz CT molecular complexity index is 2310. The zero-order valence-corrected chi connectivity index (χ0v) is 24.7. The fraction of sp³-hybridized carbons (Fsp3) is 0.0455. The topological polar surface area (TPSA) is 12.0 Å². The van der Waals surface area contributed by atoms with Crippen LogP contribution in [0.3, 0.4) is 0 Å². The van der Waals surface area contributed by atoms with Crippen molar-refractivity contribution in [3.63, 3.8) is 0 Å². The summed E-state index contributed by atoms with van der Waals surface area (Å²) in [6.07, 6.45) is 4.58. The van der Waals surface area contributed by atoms with Gasteiger partial charge in [0, 0.05) is 17.7 Å². The largest absolute Gasteiger partial charge is 0.381 e. The highest BCUT2D eigenvalue weighted by Crippen LogP contribution is 2.63. The van der Waals surface area contributed by atoms with Crippen LogP contribution in [0.25, 0.3) is 61.4 Å². The third-order valence-corrected chi connectivity index (χ3v) is 10.3. The Labute approximate surface area is 263 Å². The van der Waals surface area contributed by atoms with Crippen molar-refractivity contribution >= 4 is 22.5 Å². The predicted molar refractivity (Wildman–Crippen MR) is 189 cm³/mol. The van der Waals surface area contributed by atoms with Crippen molar-refractivity contribution in [3.8, 4) is 44.5 Å². The maximum atomic E-state index is 3.79. The summed E-state index contributed by atoms with van der Waals surface area (Å²) in [6.45, 7) is 0.820. The van der Waals surface area contributed by atoms with E-state index in [2.05, 4.69) is 163 Å². The summed E-state index contributed by atoms with van der Waals surface area (Å²) in [7, 11) is 0. The van der Waals surface area contributed by atoms with Gasteiger partial charge in [-0.05, 0) is 78.0 Å². The first-order chi connectivity index (χ1) is 22.4. The molecular formula is C44H29N. The fourth-order valence-corrected chi connectivity index (χ4v) is 8.61. The molecule has 0 unspecified atom stereocenters. The van der Waals surface area contributed by atoms with Gasteiger partial charge < -0.3 is 5.32 Å². The van der Waals surface area contributed by atoms with Crippen LogP contribution in [0.15, 0.2) is 152 Å². The van der Waals surface area contributed by atoms with Crippen LogP contribution in [0.4, 0.5) is 5.69 Å². The van der Waals surface area contributed by atoms with Crippen LogP contribution in [0.1, 0.15) is 27.8 Å². The molecule has 7 aromatic carbocycles. The molecule has 1 aliphatic heterocycles. The Morgan fingerprint density at radius 2 is 0.978 bits per heavy atom. The molecule has 0 aromatic heterocycles. The first-order valence-corrected chi connectivity index (χ1v) is 15.8. The standard InChI is InChI=1S/C44H29N/c1-2-13-28(14-3-1)42-35-19-5-4-18-34(35)41(36-20-12-26-45-43(36)42)29-24-25-33-32-17-8-11-23-39(32)44(40(33)27-29)37-21-9-6-15-30(37)31-16-7-10-22-38(31)44/h1-25,27,45H,26H2. The van der Waals surface area contributed by atoms with E-state index in [-0.39, 0.29) is 5.41 Å². The molecule has 1 spiro atoms. The monoisotopic (exact) mass is 571 g/mol. The van der Waals surface area contributed by atoms with Gasteiger partial charge in [-0.15, -0.1) is 0 Å². The van der Waals surface area contributed by atoms with Gasteiger partial charge in [-0.1, -0.05) is 152 Å². The summed E-state index contributed by atoms with van der Waals surface area (Å²) in [5, 5.41) is 6.34. The third kappa shape index (κ3) is 3.17. The van der Waals surface area contributed by atoms with E-state index in [1.165, 1.54) is 88.8 Å².